The normalized spacial score (nSPS) is 10.6. The largest absolute Gasteiger partial charge is 0.322 e. The molecule has 0 aliphatic carbocycles. The summed E-state index contributed by atoms with van der Waals surface area (Å²) in [7, 11) is 0. The summed E-state index contributed by atoms with van der Waals surface area (Å²) in [4.78, 5) is 24.9. The second-order valence-electron chi connectivity index (χ2n) is 4.50. The van der Waals surface area contributed by atoms with Gasteiger partial charge in [0.05, 0.1) is 5.56 Å². The van der Waals surface area contributed by atoms with E-state index in [2.05, 4.69) is 42.9 Å². The van der Waals surface area contributed by atoms with Gasteiger partial charge in [-0.2, -0.15) is 0 Å². The number of rotatable bonds is 2. The lowest BCUT2D eigenvalue weighted by molar-refractivity contribution is 0.102. The molecule has 1 N–H and O–H groups in total. The summed E-state index contributed by atoms with van der Waals surface area (Å²) in [5, 5.41) is 2.91. The summed E-state index contributed by atoms with van der Waals surface area (Å²) in [5.41, 5.74) is 3.23. The third-order valence-corrected chi connectivity index (χ3v) is 3.72. The standard InChI is InChI=1S/C15H11IN4O/c1-9-8-10(16)2-3-12(9)20-15(21)11-4-5-18-14-13(11)17-6-7-19-14/h2-8H,1H3,(H,20,21). The number of aromatic nitrogens is 3. The first kappa shape index (κ1) is 13.9. The molecule has 0 aliphatic rings. The number of fused-ring (bicyclic) bond motifs is 1. The van der Waals surface area contributed by atoms with Crippen LogP contribution in [0, 0.1) is 10.5 Å². The highest BCUT2D eigenvalue weighted by Crippen LogP contribution is 2.19. The number of anilines is 1. The maximum absolute atomic E-state index is 12.5. The van der Waals surface area contributed by atoms with Gasteiger partial charge < -0.3 is 5.32 Å². The first-order chi connectivity index (χ1) is 10.1. The quantitative estimate of drug-likeness (QED) is 0.683. The Morgan fingerprint density at radius 1 is 1.10 bits per heavy atom. The van der Waals surface area contributed by atoms with Gasteiger partial charge in [0, 0.05) is 27.8 Å². The highest BCUT2D eigenvalue weighted by molar-refractivity contribution is 14.1. The Kier molecular flexibility index (Phi) is 3.78. The molecule has 0 radical (unpaired) electrons. The van der Waals surface area contributed by atoms with E-state index in [1.807, 2.05) is 25.1 Å². The van der Waals surface area contributed by atoms with Crippen molar-refractivity contribution in [2.24, 2.45) is 0 Å². The first-order valence-corrected chi connectivity index (χ1v) is 7.36. The molecular weight excluding hydrogens is 379 g/mol. The number of carbonyl (C=O) groups is 1. The minimum absolute atomic E-state index is 0.216. The van der Waals surface area contributed by atoms with E-state index in [4.69, 9.17) is 0 Å². The van der Waals surface area contributed by atoms with E-state index in [1.165, 1.54) is 0 Å². The van der Waals surface area contributed by atoms with Crippen LogP contribution in [0.2, 0.25) is 0 Å². The van der Waals surface area contributed by atoms with E-state index < -0.39 is 0 Å². The molecule has 5 nitrogen and oxygen atoms in total. The SMILES string of the molecule is Cc1cc(I)ccc1NC(=O)c1ccnc2nccnc12. The molecule has 0 aliphatic heterocycles. The van der Waals surface area contributed by atoms with Crippen molar-refractivity contribution in [3.63, 3.8) is 0 Å². The molecule has 0 bridgehead atoms. The zero-order valence-corrected chi connectivity index (χ0v) is 13.3. The number of benzene rings is 1. The molecule has 0 spiro atoms. The molecule has 2 aromatic heterocycles. The van der Waals surface area contributed by atoms with Crippen LogP contribution < -0.4 is 5.32 Å². The molecular formula is C15H11IN4O. The smallest absolute Gasteiger partial charge is 0.258 e. The van der Waals surface area contributed by atoms with Gasteiger partial charge in [0.1, 0.15) is 5.52 Å². The molecule has 1 amide bonds. The van der Waals surface area contributed by atoms with E-state index in [9.17, 15) is 4.79 Å². The summed E-state index contributed by atoms with van der Waals surface area (Å²) in [5.74, 6) is -0.216. The average molecular weight is 390 g/mol. The summed E-state index contributed by atoms with van der Waals surface area (Å²) >= 11 is 2.24. The molecule has 0 saturated heterocycles. The van der Waals surface area contributed by atoms with Crippen LogP contribution in [0.3, 0.4) is 0 Å². The van der Waals surface area contributed by atoms with Crippen molar-refractivity contribution < 1.29 is 4.79 Å². The molecule has 3 rings (SSSR count). The number of amides is 1. The zero-order valence-electron chi connectivity index (χ0n) is 11.2. The number of hydrogen-bond acceptors (Lipinski definition) is 4. The summed E-state index contributed by atoms with van der Waals surface area (Å²) in [6, 6.07) is 7.51. The van der Waals surface area contributed by atoms with E-state index in [0.29, 0.717) is 16.7 Å². The lowest BCUT2D eigenvalue weighted by Gasteiger charge is -2.09. The van der Waals surface area contributed by atoms with E-state index in [0.717, 1.165) is 14.8 Å². The van der Waals surface area contributed by atoms with Crippen molar-refractivity contribution >= 4 is 45.3 Å². The minimum Gasteiger partial charge on any atom is -0.322 e. The number of nitrogens with zero attached hydrogens (tertiary/aromatic N) is 3. The van der Waals surface area contributed by atoms with Gasteiger partial charge in [0.2, 0.25) is 0 Å². The van der Waals surface area contributed by atoms with Crippen LogP contribution in [0.4, 0.5) is 5.69 Å². The van der Waals surface area contributed by atoms with Gasteiger partial charge in [-0.05, 0) is 59.3 Å². The van der Waals surface area contributed by atoms with Gasteiger partial charge in [-0.3, -0.25) is 9.78 Å². The summed E-state index contributed by atoms with van der Waals surface area (Å²) in [6.07, 6.45) is 4.67. The van der Waals surface area contributed by atoms with Crippen molar-refractivity contribution in [3.05, 3.63) is 57.6 Å². The summed E-state index contributed by atoms with van der Waals surface area (Å²) in [6.45, 7) is 1.96. The van der Waals surface area contributed by atoms with Crippen LogP contribution in [0.5, 0.6) is 0 Å². The third kappa shape index (κ3) is 2.85. The Labute approximate surface area is 135 Å². The molecule has 0 atom stereocenters. The number of aryl methyl sites for hydroxylation is 1. The number of nitrogens with one attached hydrogen (secondary N) is 1. The second kappa shape index (κ2) is 5.72. The van der Waals surface area contributed by atoms with Crippen LogP contribution in [-0.4, -0.2) is 20.9 Å². The highest BCUT2D eigenvalue weighted by Gasteiger charge is 2.13. The molecule has 3 aromatic rings. The van der Waals surface area contributed by atoms with Crippen LogP contribution in [0.25, 0.3) is 11.2 Å². The second-order valence-corrected chi connectivity index (χ2v) is 5.75. The number of pyridine rings is 1. The molecule has 0 unspecified atom stereocenters. The predicted octanol–water partition coefficient (Wildman–Crippen LogP) is 3.19. The third-order valence-electron chi connectivity index (χ3n) is 3.05. The zero-order chi connectivity index (χ0) is 14.8. The molecule has 0 fully saturated rings. The topological polar surface area (TPSA) is 67.8 Å². The molecule has 2 heterocycles. The average Bonchev–Trinajstić information content (AvgIpc) is 2.49. The summed E-state index contributed by atoms with van der Waals surface area (Å²) < 4.78 is 1.13. The fraction of sp³-hybridized carbons (Fsp3) is 0.0667. The van der Waals surface area contributed by atoms with Crippen LogP contribution in [0.15, 0.2) is 42.9 Å². The molecule has 0 saturated carbocycles. The van der Waals surface area contributed by atoms with E-state index in [-0.39, 0.29) is 5.91 Å². The number of hydrogen-bond donors (Lipinski definition) is 1. The molecule has 1 aromatic carbocycles. The molecule has 21 heavy (non-hydrogen) atoms. The van der Waals surface area contributed by atoms with Crippen molar-refractivity contribution in [1.82, 2.24) is 15.0 Å². The van der Waals surface area contributed by atoms with Crippen molar-refractivity contribution in [1.29, 1.82) is 0 Å². The van der Waals surface area contributed by atoms with Crippen LogP contribution >= 0.6 is 22.6 Å². The van der Waals surface area contributed by atoms with E-state index in [1.54, 1.807) is 24.7 Å². The number of carbonyl (C=O) groups excluding carboxylic acids is 1. The van der Waals surface area contributed by atoms with Gasteiger partial charge in [0.15, 0.2) is 5.65 Å². The fourth-order valence-electron chi connectivity index (χ4n) is 2.02. The van der Waals surface area contributed by atoms with Crippen molar-refractivity contribution in [3.8, 4) is 0 Å². The lowest BCUT2D eigenvalue weighted by atomic mass is 10.1. The Bertz CT molecular complexity index is 830. The van der Waals surface area contributed by atoms with Crippen LogP contribution in [0.1, 0.15) is 15.9 Å². The minimum atomic E-state index is -0.216. The van der Waals surface area contributed by atoms with Crippen molar-refractivity contribution in [2.75, 3.05) is 5.32 Å². The molecule has 6 heteroatoms. The molecule has 104 valence electrons. The van der Waals surface area contributed by atoms with Crippen LogP contribution in [-0.2, 0) is 0 Å². The maximum atomic E-state index is 12.5. The van der Waals surface area contributed by atoms with Gasteiger partial charge in [-0.15, -0.1) is 0 Å². The van der Waals surface area contributed by atoms with Gasteiger partial charge in [-0.25, -0.2) is 9.97 Å². The number of halogens is 1. The highest BCUT2D eigenvalue weighted by atomic mass is 127. The maximum Gasteiger partial charge on any atom is 0.258 e. The first-order valence-electron chi connectivity index (χ1n) is 6.28. The van der Waals surface area contributed by atoms with Crippen molar-refractivity contribution in [2.45, 2.75) is 6.92 Å². The van der Waals surface area contributed by atoms with Gasteiger partial charge in [-0.1, -0.05) is 0 Å². The Morgan fingerprint density at radius 3 is 2.67 bits per heavy atom. The van der Waals surface area contributed by atoms with Gasteiger partial charge in [0.25, 0.3) is 5.91 Å². The Balaban J connectivity index is 1.97. The predicted molar refractivity (Wildman–Crippen MR) is 89.2 cm³/mol. The monoisotopic (exact) mass is 390 g/mol. The van der Waals surface area contributed by atoms with Gasteiger partial charge >= 0.3 is 0 Å². The fourth-order valence-corrected chi connectivity index (χ4v) is 2.66. The Morgan fingerprint density at radius 2 is 1.86 bits per heavy atom. The Hall–Kier alpha value is -2.09. The lowest BCUT2D eigenvalue weighted by Crippen LogP contribution is -2.14. The van der Waals surface area contributed by atoms with E-state index >= 15 is 0 Å².